The molecule has 0 aromatic carbocycles. The van der Waals surface area contributed by atoms with Crippen LogP contribution < -0.4 is 17.0 Å². The Balaban J connectivity index is 2.71. The van der Waals surface area contributed by atoms with Gasteiger partial charge in [0.1, 0.15) is 6.54 Å². The van der Waals surface area contributed by atoms with E-state index in [1.165, 1.54) is 25.3 Å². The van der Waals surface area contributed by atoms with E-state index in [4.69, 9.17) is 16.2 Å². The Kier molecular flexibility index (Phi) is 3.86. The molecule has 92 valence electrons. The highest BCUT2D eigenvalue weighted by atomic mass is 16.5. The third-order valence-electron chi connectivity index (χ3n) is 2.01. The van der Waals surface area contributed by atoms with Gasteiger partial charge in [-0.3, -0.25) is 14.4 Å². The van der Waals surface area contributed by atoms with Gasteiger partial charge in [0.25, 0.3) is 11.5 Å². The number of anilines is 1. The van der Waals surface area contributed by atoms with Gasteiger partial charge in [0, 0.05) is 18.0 Å². The molecule has 4 N–H and O–H groups in total. The Morgan fingerprint density at radius 2 is 2.12 bits per heavy atom. The molecular weight excluding hydrogens is 226 g/mol. The minimum Gasteiger partial charge on any atom is -0.451 e. The summed E-state index contributed by atoms with van der Waals surface area (Å²) in [6.45, 7) is 1.03. The molecule has 1 rings (SSSR count). The number of nitrogens with zero attached hydrogens (tertiary/aromatic N) is 1. The summed E-state index contributed by atoms with van der Waals surface area (Å²) in [5.74, 6) is -1.48. The molecule has 0 radical (unpaired) electrons. The number of aromatic nitrogens is 1. The molecule has 1 atom stereocenters. The Hall–Kier alpha value is -2.31. The largest absolute Gasteiger partial charge is 0.451 e. The lowest BCUT2D eigenvalue weighted by Crippen LogP contribution is -2.33. The summed E-state index contributed by atoms with van der Waals surface area (Å²) in [5, 5.41) is 0. The van der Waals surface area contributed by atoms with Gasteiger partial charge in [-0.05, 0) is 13.0 Å². The zero-order valence-corrected chi connectivity index (χ0v) is 9.25. The summed E-state index contributed by atoms with van der Waals surface area (Å²) in [7, 11) is 0. The van der Waals surface area contributed by atoms with Crippen molar-refractivity contribution in [1.82, 2.24) is 4.57 Å². The van der Waals surface area contributed by atoms with Crippen molar-refractivity contribution in [2.75, 3.05) is 5.73 Å². The first-order valence-electron chi connectivity index (χ1n) is 4.85. The van der Waals surface area contributed by atoms with Crippen molar-refractivity contribution in [3.05, 3.63) is 28.7 Å². The summed E-state index contributed by atoms with van der Waals surface area (Å²) in [6.07, 6.45) is 0.290. The fraction of sp³-hybridized carbons (Fsp3) is 0.300. The maximum atomic E-state index is 11.4. The first-order chi connectivity index (χ1) is 7.90. The van der Waals surface area contributed by atoms with E-state index in [0.29, 0.717) is 5.69 Å². The number of carbonyl (C=O) groups is 2. The molecule has 0 aliphatic rings. The molecule has 17 heavy (non-hydrogen) atoms. The molecule has 1 heterocycles. The van der Waals surface area contributed by atoms with Gasteiger partial charge < -0.3 is 20.8 Å². The lowest BCUT2D eigenvalue weighted by atomic mass is 10.4. The van der Waals surface area contributed by atoms with Crippen LogP contribution in [0.1, 0.15) is 6.92 Å². The fourth-order valence-corrected chi connectivity index (χ4v) is 1.11. The number of ether oxygens (including phenoxy) is 1. The number of primary amides is 1. The summed E-state index contributed by atoms with van der Waals surface area (Å²) in [4.78, 5) is 33.4. The van der Waals surface area contributed by atoms with Gasteiger partial charge >= 0.3 is 5.97 Å². The Labute approximate surface area is 97.0 Å². The first-order valence-corrected chi connectivity index (χ1v) is 4.85. The van der Waals surface area contributed by atoms with Crippen molar-refractivity contribution in [3.8, 4) is 0 Å². The van der Waals surface area contributed by atoms with Crippen LogP contribution in [0.2, 0.25) is 0 Å². The van der Waals surface area contributed by atoms with Crippen LogP contribution in [0.4, 0.5) is 5.69 Å². The van der Waals surface area contributed by atoms with Crippen molar-refractivity contribution >= 4 is 17.6 Å². The van der Waals surface area contributed by atoms with E-state index < -0.39 is 18.0 Å². The number of carbonyl (C=O) groups excluding carboxylic acids is 2. The number of esters is 1. The Morgan fingerprint density at radius 3 is 2.71 bits per heavy atom. The average Bonchev–Trinajstić information content (AvgIpc) is 2.23. The van der Waals surface area contributed by atoms with Gasteiger partial charge in [-0.1, -0.05) is 0 Å². The van der Waals surface area contributed by atoms with Crippen LogP contribution >= 0.6 is 0 Å². The van der Waals surface area contributed by atoms with Crippen molar-refractivity contribution in [1.29, 1.82) is 0 Å². The Morgan fingerprint density at radius 1 is 1.47 bits per heavy atom. The van der Waals surface area contributed by atoms with E-state index in [1.807, 2.05) is 0 Å². The van der Waals surface area contributed by atoms with E-state index in [1.54, 1.807) is 0 Å². The number of hydrogen-bond acceptors (Lipinski definition) is 5. The molecule has 1 amide bonds. The number of nitrogen functional groups attached to an aromatic ring is 1. The third kappa shape index (κ3) is 3.63. The average molecular weight is 239 g/mol. The highest BCUT2D eigenvalue weighted by Gasteiger charge is 2.15. The monoisotopic (exact) mass is 239 g/mol. The number of rotatable bonds is 4. The quantitative estimate of drug-likeness (QED) is 0.643. The van der Waals surface area contributed by atoms with Crippen LogP contribution in [0.3, 0.4) is 0 Å². The second-order valence-electron chi connectivity index (χ2n) is 3.46. The molecule has 0 spiro atoms. The zero-order valence-electron chi connectivity index (χ0n) is 9.25. The first kappa shape index (κ1) is 12.8. The van der Waals surface area contributed by atoms with Crippen molar-refractivity contribution in [2.45, 2.75) is 19.6 Å². The van der Waals surface area contributed by atoms with Crippen LogP contribution in [-0.2, 0) is 20.9 Å². The number of pyridine rings is 1. The minimum atomic E-state index is -1.03. The maximum absolute atomic E-state index is 11.4. The van der Waals surface area contributed by atoms with Crippen LogP contribution in [0, 0.1) is 0 Å². The highest BCUT2D eigenvalue weighted by Crippen LogP contribution is 1.97. The maximum Gasteiger partial charge on any atom is 0.326 e. The van der Waals surface area contributed by atoms with Crippen LogP contribution in [0.15, 0.2) is 23.1 Å². The summed E-state index contributed by atoms with van der Waals surface area (Å²) < 4.78 is 5.79. The van der Waals surface area contributed by atoms with Gasteiger partial charge in [0.15, 0.2) is 6.10 Å². The molecule has 1 aromatic rings. The highest BCUT2D eigenvalue weighted by molar-refractivity contribution is 5.81. The van der Waals surface area contributed by atoms with Crippen molar-refractivity contribution in [3.63, 3.8) is 0 Å². The fourth-order valence-electron chi connectivity index (χ4n) is 1.11. The normalized spacial score (nSPS) is 11.8. The van der Waals surface area contributed by atoms with Crippen LogP contribution in [0.5, 0.6) is 0 Å². The lowest BCUT2D eigenvalue weighted by molar-refractivity contribution is -0.154. The zero-order chi connectivity index (χ0) is 13.0. The molecule has 7 heteroatoms. The molecular formula is C10H13N3O4. The molecule has 0 saturated carbocycles. The molecule has 0 saturated heterocycles. The molecule has 1 aromatic heterocycles. The molecule has 0 bridgehead atoms. The molecule has 0 fully saturated rings. The standard InChI is InChI=1S/C10H13N3O4/c1-6(10(12)16)17-9(15)5-13-4-7(11)2-3-8(13)14/h2-4,6H,5,11H2,1H3,(H2,12,16). The SMILES string of the molecule is CC(OC(=O)Cn1cc(N)ccc1=O)C(N)=O. The smallest absolute Gasteiger partial charge is 0.326 e. The lowest BCUT2D eigenvalue weighted by Gasteiger charge is -2.10. The van der Waals surface area contributed by atoms with Crippen molar-refractivity contribution < 1.29 is 14.3 Å². The second-order valence-corrected chi connectivity index (χ2v) is 3.46. The van der Waals surface area contributed by atoms with Crippen molar-refractivity contribution in [2.24, 2.45) is 5.73 Å². The number of nitrogens with two attached hydrogens (primary N) is 2. The van der Waals surface area contributed by atoms with E-state index in [9.17, 15) is 14.4 Å². The van der Waals surface area contributed by atoms with E-state index in [-0.39, 0.29) is 12.1 Å². The molecule has 0 aliphatic carbocycles. The molecule has 1 unspecified atom stereocenters. The van der Waals surface area contributed by atoms with E-state index in [0.717, 1.165) is 4.57 Å². The van der Waals surface area contributed by atoms with Gasteiger partial charge in [0.2, 0.25) is 0 Å². The number of amides is 1. The van der Waals surface area contributed by atoms with Gasteiger partial charge in [-0.15, -0.1) is 0 Å². The van der Waals surface area contributed by atoms with Crippen LogP contribution in [-0.4, -0.2) is 22.5 Å². The third-order valence-corrected chi connectivity index (χ3v) is 2.01. The predicted molar refractivity (Wildman–Crippen MR) is 59.9 cm³/mol. The predicted octanol–water partition coefficient (Wildman–Crippen LogP) is -1.15. The topological polar surface area (TPSA) is 117 Å². The van der Waals surface area contributed by atoms with Crippen LogP contribution in [0.25, 0.3) is 0 Å². The summed E-state index contributed by atoms with van der Waals surface area (Å²) in [5.41, 5.74) is 10.4. The molecule has 7 nitrogen and oxygen atoms in total. The minimum absolute atomic E-state index is 0.318. The molecule has 0 aliphatic heterocycles. The number of hydrogen-bond donors (Lipinski definition) is 2. The Bertz CT molecular complexity index is 495. The summed E-state index contributed by atoms with van der Waals surface area (Å²) >= 11 is 0. The van der Waals surface area contributed by atoms with Gasteiger partial charge in [0.05, 0.1) is 0 Å². The van der Waals surface area contributed by atoms with Gasteiger partial charge in [-0.2, -0.15) is 0 Å². The van der Waals surface area contributed by atoms with Gasteiger partial charge in [-0.25, -0.2) is 0 Å². The second kappa shape index (κ2) is 5.15. The van der Waals surface area contributed by atoms with E-state index in [2.05, 4.69) is 0 Å². The van der Waals surface area contributed by atoms with E-state index >= 15 is 0 Å². The summed E-state index contributed by atoms with van der Waals surface area (Å²) in [6, 6.07) is 2.66.